The zero-order valence-electron chi connectivity index (χ0n) is 18.1. The third-order valence-electron chi connectivity index (χ3n) is 5.15. The molecule has 0 saturated carbocycles. The van der Waals surface area contributed by atoms with Crippen molar-refractivity contribution in [1.29, 1.82) is 0 Å². The van der Waals surface area contributed by atoms with Crippen LogP contribution in [0, 0.1) is 13.8 Å². The number of fused-ring (bicyclic) bond motifs is 1. The van der Waals surface area contributed by atoms with Crippen LogP contribution in [0.2, 0.25) is 0 Å². The summed E-state index contributed by atoms with van der Waals surface area (Å²) in [4.78, 5) is 27.2. The van der Waals surface area contributed by atoms with E-state index in [1.54, 1.807) is 6.20 Å². The van der Waals surface area contributed by atoms with Gasteiger partial charge in [0.15, 0.2) is 5.82 Å². The number of carbonyl (C=O) groups excluding carboxylic acids is 1. The minimum atomic E-state index is -0.148. The lowest BCUT2D eigenvalue weighted by Crippen LogP contribution is -2.37. The van der Waals surface area contributed by atoms with Gasteiger partial charge in [-0.25, -0.2) is 9.97 Å². The lowest BCUT2D eigenvalue weighted by molar-refractivity contribution is -0.119. The van der Waals surface area contributed by atoms with Crippen LogP contribution in [0.25, 0.3) is 0 Å². The number of nitrogens with zero attached hydrogens (tertiary/aromatic N) is 4. The summed E-state index contributed by atoms with van der Waals surface area (Å²) in [5.74, 6) is 1.93. The Morgan fingerprint density at radius 1 is 1.19 bits per heavy atom. The Balaban J connectivity index is 1.50. The summed E-state index contributed by atoms with van der Waals surface area (Å²) < 4.78 is 5.95. The number of aliphatic hydroxyl groups excluding tert-OH is 1. The number of anilines is 3. The zero-order chi connectivity index (χ0) is 22.5. The third-order valence-corrected chi connectivity index (χ3v) is 5.15. The molecule has 32 heavy (non-hydrogen) atoms. The van der Waals surface area contributed by atoms with Crippen LogP contribution in [-0.4, -0.2) is 52.2 Å². The van der Waals surface area contributed by atoms with E-state index < -0.39 is 0 Å². The summed E-state index contributed by atoms with van der Waals surface area (Å²) >= 11 is 0. The second kappa shape index (κ2) is 9.61. The summed E-state index contributed by atoms with van der Waals surface area (Å²) in [7, 11) is 0. The van der Waals surface area contributed by atoms with Gasteiger partial charge in [0.1, 0.15) is 23.5 Å². The Morgan fingerprint density at radius 2 is 2.06 bits per heavy atom. The number of nitrogens with one attached hydrogen (secondary N) is 2. The smallest absolute Gasteiger partial charge is 0.239 e. The number of aryl methyl sites for hydroxylation is 2. The van der Waals surface area contributed by atoms with E-state index in [4.69, 9.17) is 9.84 Å². The number of benzene rings is 1. The van der Waals surface area contributed by atoms with E-state index in [0.717, 1.165) is 40.5 Å². The van der Waals surface area contributed by atoms with Crippen molar-refractivity contribution in [2.45, 2.75) is 20.3 Å². The van der Waals surface area contributed by atoms with Gasteiger partial charge in [0.2, 0.25) is 5.91 Å². The van der Waals surface area contributed by atoms with E-state index in [1.807, 2.05) is 49.1 Å². The SMILES string of the molecule is Cc1ccc(Oc2ccc(Nc3ncnc4c3N(CC(=O)NCCO)CC4)cc2C)cn1. The molecule has 0 fully saturated rings. The number of carbonyl (C=O) groups is 1. The average Bonchev–Trinajstić information content (AvgIpc) is 3.19. The molecule has 1 aliphatic rings. The fraction of sp³-hybridized carbons (Fsp3) is 0.304. The normalized spacial score (nSPS) is 12.4. The Morgan fingerprint density at radius 3 is 2.81 bits per heavy atom. The maximum absolute atomic E-state index is 12.1. The summed E-state index contributed by atoms with van der Waals surface area (Å²) in [5, 5.41) is 15.0. The Hall–Kier alpha value is -3.72. The highest BCUT2D eigenvalue weighted by Crippen LogP contribution is 2.35. The van der Waals surface area contributed by atoms with Crippen LogP contribution in [0.3, 0.4) is 0 Å². The monoisotopic (exact) mass is 434 g/mol. The lowest BCUT2D eigenvalue weighted by atomic mass is 10.2. The highest BCUT2D eigenvalue weighted by Gasteiger charge is 2.26. The molecule has 0 radical (unpaired) electrons. The molecule has 3 heterocycles. The van der Waals surface area contributed by atoms with Crippen LogP contribution in [0.1, 0.15) is 17.0 Å². The number of amides is 1. The Labute approximate surface area is 186 Å². The van der Waals surface area contributed by atoms with Crippen LogP contribution < -0.4 is 20.3 Å². The molecule has 3 aromatic rings. The average molecular weight is 435 g/mol. The molecule has 0 unspecified atom stereocenters. The van der Waals surface area contributed by atoms with Crippen molar-refractivity contribution < 1.29 is 14.6 Å². The molecule has 1 aromatic carbocycles. The number of aromatic nitrogens is 3. The minimum Gasteiger partial charge on any atom is -0.455 e. The van der Waals surface area contributed by atoms with Crippen molar-refractivity contribution in [2.24, 2.45) is 0 Å². The molecule has 1 amide bonds. The molecular weight excluding hydrogens is 408 g/mol. The highest BCUT2D eigenvalue weighted by molar-refractivity contribution is 5.85. The van der Waals surface area contributed by atoms with Crippen molar-refractivity contribution in [3.8, 4) is 11.5 Å². The topological polar surface area (TPSA) is 112 Å². The van der Waals surface area contributed by atoms with E-state index >= 15 is 0 Å². The van der Waals surface area contributed by atoms with E-state index in [2.05, 4.69) is 25.6 Å². The Bertz CT molecular complexity index is 1100. The predicted molar refractivity (Wildman–Crippen MR) is 122 cm³/mol. The van der Waals surface area contributed by atoms with Crippen molar-refractivity contribution in [3.63, 3.8) is 0 Å². The molecule has 0 bridgehead atoms. The summed E-state index contributed by atoms with van der Waals surface area (Å²) in [6, 6.07) is 9.61. The standard InChI is InChI=1S/C23H26N6O3/c1-15-11-17(4-6-20(15)32-18-5-3-16(2)25-12-18)28-23-22-19(26-14-27-23)7-9-29(22)13-21(31)24-8-10-30/h3-6,11-12,14,30H,7-10,13H2,1-2H3,(H,24,31)(H,26,27,28). The molecule has 166 valence electrons. The first-order valence-electron chi connectivity index (χ1n) is 10.5. The van der Waals surface area contributed by atoms with Crippen LogP contribution in [0.15, 0.2) is 42.9 Å². The number of aliphatic hydroxyl groups is 1. The highest BCUT2D eigenvalue weighted by atomic mass is 16.5. The summed E-state index contributed by atoms with van der Waals surface area (Å²) in [6.07, 6.45) is 3.98. The molecule has 9 heteroatoms. The van der Waals surface area contributed by atoms with Gasteiger partial charge in [0.25, 0.3) is 0 Å². The van der Waals surface area contributed by atoms with Crippen molar-refractivity contribution in [1.82, 2.24) is 20.3 Å². The van der Waals surface area contributed by atoms with Gasteiger partial charge in [-0.05, 0) is 49.7 Å². The fourth-order valence-corrected chi connectivity index (χ4v) is 3.58. The number of pyridine rings is 1. The largest absolute Gasteiger partial charge is 0.455 e. The van der Waals surface area contributed by atoms with Gasteiger partial charge in [0.05, 0.1) is 25.0 Å². The van der Waals surface area contributed by atoms with Gasteiger partial charge in [0, 0.05) is 30.9 Å². The van der Waals surface area contributed by atoms with E-state index in [9.17, 15) is 4.79 Å². The number of hydrogen-bond acceptors (Lipinski definition) is 8. The molecular formula is C23H26N6O3. The molecule has 1 aliphatic heterocycles. The maximum atomic E-state index is 12.1. The van der Waals surface area contributed by atoms with E-state index in [1.165, 1.54) is 6.33 Å². The van der Waals surface area contributed by atoms with Crippen molar-refractivity contribution >= 4 is 23.1 Å². The first kappa shape index (κ1) is 21.5. The lowest BCUT2D eigenvalue weighted by Gasteiger charge is -2.21. The Kier molecular flexibility index (Phi) is 6.46. The van der Waals surface area contributed by atoms with Gasteiger partial charge < -0.3 is 25.4 Å². The first-order chi connectivity index (χ1) is 15.5. The third kappa shape index (κ3) is 4.94. The molecule has 4 rings (SSSR count). The number of rotatable bonds is 8. The second-order valence-corrected chi connectivity index (χ2v) is 7.61. The van der Waals surface area contributed by atoms with Gasteiger partial charge in [-0.1, -0.05) is 0 Å². The van der Waals surface area contributed by atoms with Crippen LogP contribution >= 0.6 is 0 Å². The molecule has 2 aromatic heterocycles. The van der Waals surface area contributed by atoms with Crippen LogP contribution in [-0.2, 0) is 11.2 Å². The molecule has 9 nitrogen and oxygen atoms in total. The minimum absolute atomic E-state index is 0.0856. The van der Waals surface area contributed by atoms with Crippen molar-refractivity contribution in [2.75, 3.05) is 36.5 Å². The molecule has 0 atom stereocenters. The zero-order valence-corrected chi connectivity index (χ0v) is 18.1. The molecule has 0 saturated heterocycles. The van der Waals surface area contributed by atoms with E-state index in [0.29, 0.717) is 18.1 Å². The van der Waals surface area contributed by atoms with Crippen LogP contribution in [0.5, 0.6) is 11.5 Å². The summed E-state index contributed by atoms with van der Waals surface area (Å²) in [5.41, 5.74) is 4.48. The van der Waals surface area contributed by atoms with Gasteiger partial charge in [-0.3, -0.25) is 9.78 Å². The first-order valence-corrected chi connectivity index (χ1v) is 10.5. The van der Waals surface area contributed by atoms with Crippen LogP contribution in [0.4, 0.5) is 17.2 Å². The van der Waals surface area contributed by atoms with Gasteiger partial charge in [-0.15, -0.1) is 0 Å². The molecule has 0 spiro atoms. The van der Waals surface area contributed by atoms with Gasteiger partial charge >= 0.3 is 0 Å². The summed E-state index contributed by atoms with van der Waals surface area (Å²) in [6.45, 7) is 4.93. The van der Waals surface area contributed by atoms with Gasteiger partial charge in [-0.2, -0.15) is 0 Å². The molecule has 0 aliphatic carbocycles. The van der Waals surface area contributed by atoms with E-state index in [-0.39, 0.29) is 25.6 Å². The predicted octanol–water partition coefficient (Wildman–Crippen LogP) is 2.50. The second-order valence-electron chi connectivity index (χ2n) is 7.61. The number of ether oxygens (including phenoxy) is 1. The number of hydrogen-bond donors (Lipinski definition) is 3. The quantitative estimate of drug-likeness (QED) is 0.496. The maximum Gasteiger partial charge on any atom is 0.239 e. The fourth-order valence-electron chi connectivity index (χ4n) is 3.58. The molecule has 3 N–H and O–H groups in total. The van der Waals surface area contributed by atoms with Crippen molar-refractivity contribution in [3.05, 3.63) is 59.8 Å².